The standard InChI is InChI=1S/C18H22N2O5S2/c1-10-7-12(23-5)11(15(21)24-6)8-13(10)26-14-9-19-16(27-14)20-17(22)25-18(2,3)4/h7-9H,1-6H3,(H,19,20,22). The first-order valence-corrected chi connectivity index (χ1v) is 9.67. The minimum atomic E-state index is -0.580. The first-order chi connectivity index (χ1) is 12.6. The van der Waals surface area contributed by atoms with Crippen LogP contribution in [0.15, 0.2) is 27.4 Å². The van der Waals surface area contributed by atoms with Crippen LogP contribution in [0.2, 0.25) is 0 Å². The number of methoxy groups -OCH3 is 2. The van der Waals surface area contributed by atoms with Gasteiger partial charge in [0.15, 0.2) is 5.13 Å². The Morgan fingerprint density at radius 2 is 1.93 bits per heavy atom. The molecule has 7 nitrogen and oxygen atoms in total. The lowest BCUT2D eigenvalue weighted by Crippen LogP contribution is -2.27. The number of thiazole rings is 1. The van der Waals surface area contributed by atoms with Gasteiger partial charge in [0.05, 0.1) is 24.6 Å². The summed E-state index contributed by atoms with van der Waals surface area (Å²) in [6, 6.07) is 3.51. The Morgan fingerprint density at radius 1 is 1.22 bits per heavy atom. The Balaban J connectivity index is 2.17. The zero-order chi connectivity index (χ0) is 20.2. The molecule has 1 amide bonds. The molecule has 0 aliphatic heterocycles. The number of carbonyl (C=O) groups is 2. The van der Waals surface area contributed by atoms with Crippen LogP contribution in [0.3, 0.4) is 0 Å². The topological polar surface area (TPSA) is 86.8 Å². The van der Waals surface area contributed by atoms with E-state index in [0.717, 1.165) is 14.7 Å². The molecule has 0 bridgehead atoms. The summed E-state index contributed by atoms with van der Waals surface area (Å²) in [6.07, 6.45) is 1.10. The third-order valence-corrected chi connectivity index (χ3v) is 5.38. The highest BCUT2D eigenvalue weighted by Gasteiger charge is 2.19. The van der Waals surface area contributed by atoms with Crippen molar-refractivity contribution in [3.05, 3.63) is 29.5 Å². The van der Waals surface area contributed by atoms with E-state index in [0.29, 0.717) is 16.4 Å². The molecule has 146 valence electrons. The summed E-state index contributed by atoms with van der Waals surface area (Å²) in [4.78, 5) is 28.9. The fourth-order valence-electron chi connectivity index (χ4n) is 2.07. The van der Waals surface area contributed by atoms with Gasteiger partial charge in [0.2, 0.25) is 0 Å². The predicted octanol–water partition coefficient (Wildman–Crippen LogP) is 4.74. The number of anilines is 1. The molecule has 9 heteroatoms. The summed E-state index contributed by atoms with van der Waals surface area (Å²) in [6.45, 7) is 7.30. The van der Waals surface area contributed by atoms with Gasteiger partial charge in [-0.15, -0.1) is 0 Å². The van der Waals surface area contributed by atoms with Crippen LogP contribution in [0.1, 0.15) is 36.7 Å². The van der Waals surface area contributed by atoms with Crippen molar-refractivity contribution in [2.45, 2.75) is 42.4 Å². The highest BCUT2D eigenvalue weighted by molar-refractivity contribution is 8.01. The van der Waals surface area contributed by atoms with Crippen molar-refractivity contribution in [3.8, 4) is 5.75 Å². The van der Waals surface area contributed by atoms with Crippen molar-refractivity contribution in [1.82, 2.24) is 4.98 Å². The second-order valence-corrected chi connectivity index (χ2v) is 8.90. The summed E-state index contributed by atoms with van der Waals surface area (Å²) in [5, 5.41) is 3.05. The number of hydrogen-bond donors (Lipinski definition) is 1. The first kappa shape index (κ1) is 21.0. The van der Waals surface area contributed by atoms with Crippen molar-refractivity contribution < 1.29 is 23.8 Å². The van der Waals surface area contributed by atoms with E-state index in [1.165, 1.54) is 37.3 Å². The minimum absolute atomic E-state index is 0.352. The van der Waals surface area contributed by atoms with Crippen LogP contribution in [-0.2, 0) is 9.47 Å². The van der Waals surface area contributed by atoms with Crippen molar-refractivity contribution >= 4 is 40.3 Å². The van der Waals surface area contributed by atoms with Gasteiger partial charge in [-0.05, 0) is 45.4 Å². The molecular weight excluding hydrogens is 388 g/mol. The minimum Gasteiger partial charge on any atom is -0.496 e. The number of nitrogens with one attached hydrogen (secondary N) is 1. The van der Waals surface area contributed by atoms with Crippen LogP contribution in [0.5, 0.6) is 5.75 Å². The maximum absolute atomic E-state index is 12.0. The number of rotatable bonds is 5. The molecule has 0 spiro atoms. The number of aryl methyl sites for hydroxylation is 1. The van der Waals surface area contributed by atoms with Crippen molar-refractivity contribution in [2.75, 3.05) is 19.5 Å². The number of carbonyl (C=O) groups excluding carboxylic acids is 2. The quantitative estimate of drug-likeness (QED) is 0.712. The molecule has 1 N–H and O–H groups in total. The predicted molar refractivity (Wildman–Crippen MR) is 105 cm³/mol. The van der Waals surface area contributed by atoms with Crippen LogP contribution in [0.4, 0.5) is 9.93 Å². The molecule has 0 saturated carbocycles. The third-order valence-electron chi connectivity index (χ3n) is 3.21. The molecular formula is C18H22N2O5S2. The van der Waals surface area contributed by atoms with Gasteiger partial charge in [0.1, 0.15) is 16.9 Å². The molecule has 0 radical (unpaired) electrons. The lowest BCUT2D eigenvalue weighted by atomic mass is 10.1. The first-order valence-electron chi connectivity index (χ1n) is 8.03. The van der Waals surface area contributed by atoms with E-state index < -0.39 is 17.7 Å². The lowest BCUT2D eigenvalue weighted by molar-refractivity contribution is 0.0594. The molecule has 1 aromatic heterocycles. The van der Waals surface area contributed by atoms with Crippen molar-refractivity contribution in [2.24, 2.45) is 0 Å². The normalized spacial score (nSPS) is 11.0. The Morgan fingerprint density at radius 3 is 2.52 bits per heavy atom. The van der Waals surface area contributed by atoms with Gasteiger partial charge in [-0.1, -0.05) is 23.1 Å². The van der Waals surface area contributed by atoms with Gasteiger partial charge in [-0.3, -0.25) is 5.32 Å². The van der Waals surface area contributed by atoms with E-state index in [9.17, 15) is 9.59 Å². The molecule has 2 aromatic rings. The van der Waals surface area contributed by atoms with E-state index in [2.05, 4.69) is 10.3 Å². The van der Waals surface area contributed by atoms with Gasteiger partial charge in [-0.25, -0.2) is 14.6 Å². The van der Waals surface area contributed by atoms with Gasteiger partial charge < -0.3 is 14.2 Å². The van der Waals surface area contributed by atoms with Crippen LogP contribution in [0, 0.1) is 6.92 Å². The fourth-order valence-corrected chi connectivity index (χ4v) is 4.00. The summed E-state index contributed by atoms with van der Waals surface area (Å²) < 4.78 is 16.1. The van der Waals surface area contributed by atoms with Gasteiger partial charge in [0.25, 0.3) is 0 Å². The van der Waals surface area contributed by atoms with E-state index in [1.807, 2.05) is 6.92 Å². The summed E-state index contributed by atoms with van der Waals surface area (Å²) >= 11 is 2.75. The van der Waals surface area contributed by atoms with E-state index in [4.69, 9.17) is 14.2 Å². The van der Waals surface area contributed by atoms with Crippen LogP contribution >= 0.6 is 23.1 Å². The molecule has 0 fully saturated rings. The monoisotopic (exact) mass is 410 g/mol. The maximum atomic E-state index is 12.0. The maximum Gasteiger partial charge on any atom is 0.413 e. The molecule has 0 saturated heterocycles. The number of benzene rings is 1. The van der Waals surface area contributed by atoms with E-state index >= 15 is 0 Å². The molecule has 1 heterocycles. The van der Waals surface area contributed by atoms with E-state index in [-0.39, 0.29) is 0 Å². The van der Waals surface area contributed by atoms with Gasteiger partial charge >= 0.3 is 12.1 Å². The fraction of sp³-hybridized carbons (Fsp3) is 0.389. The smallest absolute Gasteiger partial charge is 0.413 e. The Bertz CT molecular complexity index is 843. The van der Waals surface area contributed by atoms with E-state index in [1.54, 1.807) is 39.1 Å². The number of amides is 1. The van der Waals surface area contributed by atoms with Crippen LogP contribution in [0.25, 0.3) is 0 Å². The summed E-state index contributed by atoms with van der Waals surface area (Å²) in [7, 11) is 2.83. The average Bonchev–Trinajstić information content (AvgIpc) is 3.00. The highest BCUT2D eigenvalue weighted by atomic mass is 32.2. The Hall–Kier alpha value is -2.26. The number of nitrogens with zero attached hydrogens (tertiary/aromatic N) is 1. The Labute approximate surface area is 166 Å². The molecule has 1 aromatic carbocycles. The summed E-state index contributed by atoms with van der Waals surface area (Å²) in [5.74, 6) is -0.00873. The third kappa shape index (κ3) is 5.86. The summed E-state index contributed by atoms with van der Waals surface area (Å²) in [5.41, 5.74) is 0.716. The Kier molecular flexibility index (Phi) is 6.72. The van der Waals surface area contributed by atoms with Crippen LogP contribution < -0.4 is 10.1 Å². The molecule has 0 aliphatic carbocycles. The van der Waals surface area contributed by atoms with Crippen molar-refractivity contribution in [3.63, 3.8) is 0 Å². The van der Waals surface area contributed by atoms with Gasteiger partial charge in [0, 0.05) is 4.90 Å². The number of esters is 1. The zero-order valence-electron chi connectivity index (χ0n) is 16.0. The largest absolute Gasteiger partial charge is 0.496 e. The average molecular weight is 411 g/mol. The molecule has 2 rings (SSSR count). The molecule has 0 aliphatic rings. The SMILES string of the molecule is COC(=O)c1cc(Sc2cnc(NC(=O)OC(C)(C)C)s2)c(C)cc1OC. The second kappa shape index (κ2) is 8.62. The molecule has 27 heavy (non-hydrogen) atoms. The lowest BCUT2D eigenvalue weighted by Gasteiger charge is -2.18. The van der Waals surface area contributed by atoms with Crippen LogP contribution in [-0.4, -0.2) is 36.9 Å². The highest BCUT2D eigenvalue weighted by Crippen LogP contribution is 2.38. The second-order valence-electron chi connectivity index (χ2n) is 6.52. The van der Waals surface area contributed by atoms with Gasteiger partial charge in [-0.2, -0.15) is 0 Å². The number of hydrogen-bond acceptors (Lipinski definition) is 8. The zero-order valence-corrected chi connectivity index (χ0v) is 17.7. The number of aromatic nitrogens is 1. The number of ether oxygens (including phenoxy) is 3. The molecule has 0 unspecified atom stereocenters. The van der Waals surface area contributed by atoms with Crippen molar-refractivity contribution in [1.29, 1.82) is 0 Å². The molecule has 0 atom stereocenters.